The van der Waals surface area contributed by atoms with Crippen molar-refractivity contribution in [1.29, 1.82) is 0 Å². The second kappa shape index (κ2) is 49.6. The molecular weight excluding hydrogens is 1490 g/mol. The Bertz CT molecular complexity index is 3600. The van der Waals surface area contributed by atoms with E-state index in [0.717, 1.165) is 0 Å². The number of ether oxygens (including phenoxy) is 2. The number of carbonyl (C=O) groups is 15. The van der Waals surface area contributed by atoms with E-state index in [9.17, 15) is 87.2 Å². The smallest absolute Gasteiger partial charge is 0.317 e. The number of rotatable bonds is 48. The highest BCUT2D eigenvalue weighted by molar-refractivity contribution is 7.98. The maximum atomic E-state index is 14.4. The van der Waals surface area contributed by atoms with Gasteiger partial charge in [-0.2, -0.15) is 11.8 Å². The first-order valence-corrected chi connectivity index (χ1v) is 39.4. The minimum Gasteiger partial charge on any atom is -0.480 e. The van der Waals surface area contributed by atoms with Crippen molar-refractivity contribution in [3.63, 3.8) is 0 Å². The number of nitrogens with zero attached hydrogens (tertiary/aromatic N) is 5. The molecule has 19 N–H and O–H groups in total. The Labute approximate surface area is 660 Å². The van der Waals surface area contributed by atoms with Gasteiger partial charge < -0.3 is 99.4 Å². The van der Waals surface area contributed by atoms with Crippen molar-refractivity contribution in [3.8, 4) is 0 Å². The molecule has 1 saturated carbocycles. The Morgan fingerprint density at radius 1 is 0.566 bits per heavy atom. The fourth-order valence-electron chi connectivity index (χ4n) is 12.8. The lowest BCUT2D eigenvalue weighted by molar-refractivity contribution is -0.140. The molecule has 1 aromatic carbocycles. The Morgan fingerprint density at radius 3 is 1.68 bits per heavy atom. The standard InChI is InChI=1S/C73H115N19O20S/c1-44(2)31-55(71(108)85-53(66(75)103)17-30-113-6)86-72(109)57(33-50-36-76-43-81-50)84-59(94)37-80-73(110)65(45(3)4)88-67(104)46(5)82-70(107)56(32-49-35-78-52-10-8-7-9-51(49)52)87-69(106)54(15-16-58(74)93)83-61(96)42-112-29-28-111-27-18-77-68(105)48-13-11-47(12-14-48)34-79-60(95)38-89-19-21-90(39-62(97)98)23-25-92(41-64(101)102)26-24-91(22-20-89)40-63(99)100/h7-10,35-36,43-48,53-57,65,78H,11-34,37-42H2,1-6H3,(H2,74,93)(H2,75,103)(H,76,81)(H,77,105)(H,79,95)(H,80,110)(H,82,107)(H,83,96)(H,84,94)(H,85,108)(H,86,109)(H,87,106)(H,88,104)(H,97,98)(H,99,100)(H,101,102)/t46-,47?,48?,53-,54-,55-,56-,57-,65-/m0/s1. The number of primary amides is 2. The van der Waals surface area contributed by atoms with Crippen LogP contribution in [0.5, 0.6) is 0 Å². The largest absolute Gasteiger partial charge is 0.480 e. The molecule has 2 aromatic heterocycles. The molecule has 40 heteroatoms. The maximum Gasteiger partial charge on any atom is 0.317 e. The monoisotopic (exact) mass is 1610 g/mol. The third-order valence-corrected chi connectivity index (χ3v) is 19.7. The van der Waals surface area contributed by atoms with Gasteiger partial charge in [-0.3, -0.25) is 91.5 Å². The number of amides is 12. The van der Waals surface area contributed by atoms with Crippen molar-refractivity contribution < 1.29 is 96.7 Å². The minimum atomic E-state index is -1.43. The van der Waals surface area contributed by atoms with Crippen molar-refractivity contribution in [2.75, 3.05) is 137 Å². The molecule has 0 radical (unpaired) electrons. The topological polar surface area (TPSA) is 565 Å². The lowest BCUT2D eigenvalue weighted by Crippen LogP contribution is -2.59. The SMILES string of the molecule is CSCC[C@H](NC(=O)[C@H](CC(C)C)NC(=O)[C@H](Cc1cnc[nH]1)NC(=O)CNC(=O)[C@@H](NC(=O)[C@H](C)NC(=O)[C@H](Cc1c[nH]c2ccccc12)NC(=O)[C@H](CCC(N)=O)NC(=O)COCCOCCNC(=O)C1CCC(CNC(=O)CN2CCN(CC(=O)O)CCN(CC(=O)O)CCN(CC(=O)O)CC2)CC1)C(C)C)C(N)=O. The first-order chi connectivity index (χ1) is 53.8. The van der Waals surface area contributed by atoms with Crippen LogP contribution >= 0.6 is 11.8 Å². The summed E-state index contributed by atoms with van der Waals surface area (Å²) in [6, 6.07) is -1.78. The van der Waals surface area contributed by atoms with Crippen molar-refractivity contribution in [3.05, 3.63) is 54.2 Å². The van der Waals surface area contributed by atoms with Gasteiger partial charge in [-0.05, 0) is 93.3 Å². The quantitative estimate of drug-likeness (QED) is 0.0239. The number of para-hydroxylation sites is 1. The number of hydrogen-bond acceptors (Lipinski definition) is 23. The number of H-pyrrole nitrogens is 2. The molecule has 0 unspecified atom stereocenters. The van der Waals surface area contributed by atoms with Gasteiger partial charge in [-0.25, -0.2) is 4.98 Å². The molecule has 5 rings (SSSR count). The van der Waals surface area contributed by atoms with Crippen molar-refractivity contribution in [1.82, 2.24) is 87.7 Å². The molecule has 2 aliphatic rings. The number of aliphatic carboxylic acids is 3. The van der Waals surface area contributed by atoms with Crippen LogP contribution < -0.4 is 64.6 Å². The van der Waals surface area contributed by atoms with Gasteiger partial charge >= 0.3 is 17.9 Å². The number of hydrogen-bond donors (Lipinski definition) is 17. The summed E-state index contributed by atoms with van der Waals surface area (Å²) in [5.74, 6) is -11.8. The number of aromatic amines is 2. The van der Waals surface area contributed by atoms with Crippen LogP contribution in [-0.4, -0.2) is 318 Å². The highest BCUT2D eigenvalue weighted by atomic mass is 32.2. The van der Waals surface area contributed by atoms with Gasteiger partial charge in [0.05, 0.1) is 58.9 Å². The van der Waals surface area contributed by atoms with E-state index < -0.39 is 138 Å². The van der Waals surface area contributed by atoms with E-state index >= 15 is 0 Å². The number of carbonyl (C=O) groups excluding carboxylic acids is 12. The summed E-state index contributed by atoms with van der Waals surface area (Å²) in [7, 11) is 0. The third kappa shape index (κ3) is 35.8. The van der Waals surface area contributed by atoms with Crippen LogP contribution in [0.1, 0.15) is 97.2 Å². The Morgan fingerprint density at radius 2 is 1.12 bits per heavy atom. The Balaban J connectivity index is 1.08. The molecule has 39 nitrogen and oxygen atoms in total. The minimum absolute atomic E-state index is 0.0149. The van der Waals surface area contributed by atoms with E-state index in [4.69, 9.17) is 20.9 Å². The predicted octanol–water partition coefficient (Wildman–Crippen LogP) is -4.04. The lowest BCUT2D eigenvalue weighted by atomic mass is 9.81. The average Bonchev–Trinajstić information content (AvgIpc) is 1.70. The normalized spacial score (nSPS) is 17.4. The predicted molar refractivity (Wildman–Crippen MR) is 413 cm³/mol. The van der Waals surface area contributed by atoms with Crippen LogP contribution in [0.25, 0.3) is 10.9 Å². The molecular formula is C73H115N19O20S. The summed E-state index contributed by atoms with van der Waals surface area (Å²) in [6.07, 6.45) is 8.32. The summed E-state index contributed by atoms with van der Waals surface area (Å²) >= 11 is 1.45. The van der Waals surface area contributed by atoms with E-state index in [-0.39, 0.29) is 160 Å². The highest BCUT2D eigenvalue weighted by Crippen LogP contribution is 2.29. The maximum absolute atomic E-state index is 14.4. The number of benzene rings is 1. The van der Waals surface area contributed by atoms with Crippen LogP contribution in [0, 0.1) is 23.7 Å². The van der Waals surface area contributed by atoms with Crippen LogP contribution in [-0.2, 0) is 94.2 Å². The Hall–Kier alpha value is -9.87. The molecule has 3 heterocycles. The first-order valence-electron chi connectivity index (χ1n) is 38.0. The van der Waals surface area contributed by atoms with Gasteiger partial charge in [-0.15, -0.1) is 0 Å². The molecule has 12 amide bonds. The number of thioether (sulfide) groups is 1. The van der Waals surface area contributed by atoms with E-state index in [1.54, 1.807) is 59.0 Å². The first kappa shape index (κ1) is 93.7. The van der Waals surface area contributed by atoms with Crippen molar-refractivity contribution in [2.24, 2.45) is 35.1 Å². The lowest BCUT2D eigenvalue weighted by Gasteiger charge is -2.33. The Kier molecular flexibility index (Phi) is 41.1. The van der Waals surface area contributed by atoms with Crippen LogP contribution in [0.4, 0.5) is 0 Å². The molecule has 3 aromatic rings. The zero-order valence-electron chi connectivity index (χ0n) is 65.2. The van der Waals surface area contributed by atoms with Crippen LogP contribution in [0.2, 0.25) is 0 Å². The van der Waals surface area contributed by atoms with Crippen LogP contribution in [0.15, 0.2) is 43.0 Å². The molecule has 1 aliphatic carbocycles. The fourth-order valence-corrected chi connectivity index (χ4v) is 13.3. The third-order valence-electron chi connectivity index (χ3n) is 19.1. The fraction of sp³-hybridized carbons (Fsp3) is 0.644. The summed E-state index contributed by atoms with van der Waals surface area (Å²) in [5, 5.41) is 56.0. The van der Waals surface area contributed by atoms with Gasteiger partial charge in [0.2, 0.25) is 70.9 Å². The number of aromatic nitrogens is 3. The van der Waals surface area contributed by atoms with E-state index in [1.165, 1.54) is 31.2 Å². The van der Waals surface area contributed by atoms with E-state index in [0.29, 0.717) is 73.2 Å². The molecule has 0 bridgehead atoms. The van der Waals surface area contributed by atoms with Crippen molar-refractivity contribution >= 4 is 111 Å². The second-order valence-electron chi connectivity index (χ2n) is 29.0. The molecule has 1 aliphatic heterocycles. The molecule has 2 fully saturated rings. The van der Waals surface area contributed by atoms with E-state index in [2.05, 4.69) is 68.1 Å². The zero-order chi connectivity index (χ0) is 83.1. The number of nitrogens with two attached hydrogens (primary N) is 2. The highest BCUT2D eigenvalue weighted by Gasteiger charge is 2.35. The zero-order valence-corrected chi connectivity index (χ0v) is 66.0. The molecule has 113 heavy (non-hydrogen) atoms. The van der Waals surface area contributed by atoms with E-state index in [1.807, 2.05) is 25.0 Å². The average molecular weight is 1610 g/mol. The van der Waals surface area contributed by atoms with Gasteiger partial charge in [0, 0.05) is 120 Å². The molecule has 0 spiro atoms. The molecule has 628 valence electrons. The number of carboxylic acids is 3. The number of imidazole rings is 1. The molecule has 1 saturated heterocycles. The summed E-state index contributed by atoms with van der Waals surface area (Å²) in [5.41, 5.74) is 12.8. The summed E-state index contributed by atoms with van der Waals surface area (Å²) in [6.45, 7) is 8.89. The number of carboxylic acid groups (broad SMARTS) is 3. The summed E-state index contributed by atoms with van der Waals surface area (Å²) in [4.78, 5) is 213. The van der Waals surface area contributed by atoms with Gasteiger partial charge in [0.15, 0.2) is 0 Å². The van der Waals surface area contributed by atoms with Gasteiger partial charge in [-0.1, -0.05) is 45.9 Å². The van der Waals surface area contributed by atoms with Gasteiger partial charge in [0.25, 0.3) is 0 Å². The molecule has 7 atom stereocenters. The van der Waals surface area contributed by atoms with Crippen LogP contribution in [0.3, 0.4) is 0 Å². The summed E-state index contributed by atoms with van der Waals surface area (Å²) < 4.78 is 11.1. The number of fused-ring (bicyclic) bond motifs is 1. The van der Waals surface area contributed by atoms with Gasteiger partial charge in [0.1, 0.15) is 48.9 Å². The number of nitrogens with one attached hydrogen (secondary N) is 12. The second-order valence-corrected chi connectivity index (χ2v) is 30.0. The van der Waals surface area contributed by atoms with Crippen molar-refractivity contribution in [2.45, 2.75) is 141 Å².